The fourth-order valence-electron chi connectivity index (χ4n) is 3.12. The average Bonchev–Trinajstić information content (AvgIpc) is 3.18. The molecule has 1 fully saturated rings. The van der Waals surface area contributed by atoms with Gasteiger partial charge in [-0.1, -0.05) is 24.3 Å². The van der Waals surface area contributed by atoms with Crippen LogP contribution in [0.2, 0.25) is 0 Å². The van der Waals surface area contributed by atoms with Crippen LogP contribution in [-0.2, 0) is 6.54 Å². The largest absolute Gasteiger partial charge is 0.369 e. The van der Waals surface area contributed by atoms with E-state index in [1.807, 2.05) is 18.6 Å². The number of hydrogen-bond donors (Lipinski definition) is 0. The van der Waals surface area contributed by atoms with Crippen LogP contribution in [0.4, 0.5) is 5.69 Å². The molecular weight excluding hydrogens is 316 g/mol. The van der Waals surface area contributed by atoms with E-state index in [1.165, 1.54) is 21.7 Å². The molecule has 4 rings (SSSR count). The van der Waals surface area contributed by atoms with Crippen LogP contribution in [0, 0.1) is 0 Å². The molecule has 1 aliphatic heterocycles. The van der Waals surface area contributed by atoms with E-state index in [2.05, 4.69) is 61.6 Å². The van der Waals surface area contributed by atoms with Crippen molar-refractivity contribution in [2.24, 2.45) is 0 Å². The number of piperazine rings is 1. The van der Waals surface area contributed by atoms with Crippen molar-refractivity contribution in [3.63, 3.8) is 0 Å². The van der Waals surface area contributed by atoms with Gasteiger partial charge in [0.2, 0.25) is 0 Å². The summed E-state index contributed by atoms with van der Waals surface area (Å²) < 4.78 is 4.17. The number of aromatic nitrogens is 2. The number of nitrogens with zero attached hydrogens (tertiary/aromatic N) is 4. The van der Waals surface area contributed by atoms with Crippen LogP contribution < -0.4 is 4.90 Å². The third-order valence-electron chi connectivity index (χ3n) is 4.48. The van der Waals surface area contributed by atoms with Crippen molar-refractivity contribution in [2.75, 3.05) is 31.1 Å². The van der Waals surface area contributed by atoms with Gasteiger partial charge < -0.3 is 4.90 Å². The zero-order valence-corrected chi connectivity index (χ0v) is 14.3. The predicted molar refractivity (Wildman–Crippen MR) is 99.3 cm³/mol. The Morgan fingerprint density at radius 1 is 0.833 bits per heavy atom. The van der Waals surface area contributed by atoms with Gasteiger partial charge in [0.15, 0.2) is 0 Å². The molecule has 0 radical (unpaired) electrons. The van der Waals surface area contributed by atoms with Crippen molar-refractivity contribution in [2.45, 2.75) is 6.54 Å². The van der Waals surface area contributed by atoms with Gasteiger partial charge in [0, 0.05) is 57.0 Å². The Balaban J connectivity index is 1.34. The number of benzene rings is 1. The van der Waals surface area contributed by atoms with Crippen LogP contribution in [0.5, 0.6) is 0 Å². The summed E-state index contributed by atoms with van der Waals surface area (Å²) in [6.07, 6.45) is 5.59. The first-order valence-corrected chi connectivity index (χ1v) is 9.03. The van der Waals surface area contributed by atoms with Crippen molar-refractivity contribution >= 4 is 17.2 Å². The molecule has 2 aromatic heterocycles. The molecule has 3 aromatic rings. The first-order valence-electron chi connectivity index (χ1n) is 8.26. The highest BCUT2D eigenvalue weighted by molar-refractivity contribution is 7.09. The van der Waals surface area contributed by atoms with Gasteiger partial charge in [-0.25, -0.2) is 4.37 Å². The predicted octanol–water partition coefficient (Wildman–Crippen LogP) is 3.53. The fourth-order valence-corrected chi connectivity index (χ4v) is 3.71. The molecule has 24 heavy (non-hydrogen) atoms. The molecule has 0 saturated carbocycles. The van der Waals surface area contributed by atoms with Crippen LogP contribution in [0.25, 0.3) is 10.4 Å². The molecule has 1 saturated heterocycles. The highest BCUT2D eigenvalue weighted by atomic mass is 32.1. The van der Waals surface area contributed by atoms with Crippen molar-refractivity contribution < 1.29 is 0 Å². The van der Waals surface area contributed by atoms with Crippen LogP contribution in [-0.4, -0.2) is 40.4 Å². The Morgan fingerprint density at radius 3 is 2.25 bits per heavy atom. The summed E-state index contributed by atoms with van der Waals surface area (Å²) in [6.45, 7) is 5.36. The highest BCUT2D eigenvalue weighted by Gasteiger charge is 2.17. The summed E-state index contributed by atoms with van der Waals surface area (Å²) in [4.78, 5) is 10.3. The maximum atomic E-state index is 4.17. The highest BCUT2D eigenvalue weighted by Crippen LogP contribution is 2.23. The topological polar surface area (TPSA) is 32.3 Å². The van der Waals surface area contributed by atoms with Gasteiger partial charge in [0.05, 0.1) is 4.88 Å². The fraction of sp³-hybridized carbons (Fsp3) is 0.263. The second-order valence-corrected chi connectivity index (χ2v) is 6.88. The van der Waals surface area contributed by atoms with Gasteiger partial charge in [-0.05, 0) is 40.9 Å². The lowest BCUT2D eigenvalue weighted by molar-refractivity contribution is 0.250. The first kappa shape index (κ1) is 15.3. The van der Waals surface area contributed by atoms with Crippen LogP contribution >= 0.6 is 11.5 Å². The average molecular weight is 336 g/mol. The molecule has 0 bridgehead atoms. The van der Waals surface area contributed by atoms with Gasteiger partial charge in [-0.2, -0.15) is 0 Å². The van der Waals surface area contributed by atoms with Crippen molar-refractivity contribution in [1.29, 1.82) is 0 Å². The third kappa shape index (κ3) is 3.47. The molecule has 0 aliphatic carbocycles. The summed E-state index contributed by atoms with van der Waals surface area (Å²) in [6, 6.07) is 15.1. The number of rotatable bonds is 4. The normalized spacial score (nSPS) is 15.6. The molecule has 1 aliphatic rings. The Bertz CT molecular complexity index is 748. The SMILES string of the molecule is c1cc(N2CCN(Cc3ccc(-c4ccns4)cc3)CC2)ccn1. The molecule has 122 valence electrons. The standard InChI is InChI=1S/C19H20N4S/c1-3-17(19-7-10-21-24-19)4-2-16(1)15-22-11-13-23(14-12-22)18-5-8-20-9-6-18/h1-10H,11-15H2. The van der Waals surface area contributed by atoms with E-state index < -0.39 is 0 Å². The molecule has 1 aromatic carbocycles. The summed E-state index contributed by atoms with van der Waals surface area (Å²) in [5.41, 5.74) is 3.91. The molecule has 0 atom stereocenters. The van der Waals surface area contributed by atoms with Gasteiger partial charge >= 0.3 is 0 Å². The maximum absolute atomic E-state index is 4.17. The zero-order chi connectivity index (χ0) is 16.2. The molecule has 0 N–H and O–H groups in total. The quantitative estimate of drug-likeness (QED) is 0.730. The minimum atomic E-state index is 1.02. The van der Waals surface area contributed by atoms with Gasteiger partial charge in [0.25, 0.3) is 0 Å². The summed E-state index contributed by atoms with van der Waals surface area (Å²) in [5.74, 6) is 0. The molecular formula is C19H20N4S. The van der Waals surface area contributed by atoms with Gasteiger partial charge in [0.1, 0.15) is 0 Å². The van der Waals surface area contributed by atoms with Crippen LogP contribution in [0.3, 0.4) is 0 Å². The summed E-state index contributed by atoms with van der Waals surface area (Å²) >= 11 is 1.55. The van der Waals surface area contributed by atoms with Crippen molar-refractivity contribution in [1.82, 2.24) is 14.3 Å². The molecule has 0 spiro atoms. The van der Waals surface area contributed by atoms with E-state index in [-0.39, 0.29) is 0 Å². The van der Waals surface area contributed by atoms with E-state index in [0.29, 0.717) is 0 Å². The van der Waals surface area contributed by atoms with E-state index in [4.69, 9.17) is 0 Å². The van der Waals surface area contributed by atoms with E-state index in [1.54, 1.807) is 11.5 Å². The summed E-state index contributed by atoms with van der Waals surface area (Å²) in [5, 5.41) is 0. The Labute approximate surface area is 146 Å². The Hall–Kier alpha value is -2.24. The lowest BCUT2D eigenvalue weighted by Gasteiger charge is -2.36. The second-order valence-electron chi connectivity index (χ2n) is 6.04. The van der Waals surface area contributed by atoms with E-state index in [9.17, 15) is 0 Å². The third-order valence-corrected chi connectivity index (χ3v) is 5.28. The van der Waals surface area contributed by atoms with Gasteiger partial charge in [-0.15, -0.1) is 0 Å². The van der Waals surface area contributed by atoms with Crippen molar-refractivity contribution in [3.05, 3.63) is 66.6 Å². The maximum Gasteiger partial charge on any atom is 0.0549 e. The minimum absolute atomic E-state index is 1.02. The Morgan fingerprint density at radius 2 is 1.58 bits per heavy atom. The van der Waals surface area contributed by atoms with E-state index >= 15 is 0 Å². The lowest BCUT2D eigenvalue weighted by atomic mass is 10.1. The number of pyridine rings is 1. The minimum Gasteiger partial charge on any atom is -0.369 e. The first-order chi connectivity index (χ1) is 11.9. The van der Waals surface area contributed by atoms with Crippen LogP contribution in [0.1, 0.15) is 5.56 Å². The lowest BCUT2D eigenvalue weighted by Crippen LogP contribution is -2.45. The smallest absolute Gasteiger partial charge is 0.0549 e. The zero-order valence-electron chi connectivity index (χ0n) is 13.5. The monoisotopic (exact) mass is 336 g/mol. The number of hydrogen-bond acceptors (Lipinski definition) is 5. The van der Waals surface area contributed by atoms with Crippen LogP contribution in [0.15, 0.2) is 61.1 Å². The van der Waals surface area contributed by atoms with Gasteiger partial charge in [-0.3, -0.25) is 9.88 Å². The molecule has 0 amide bonds. The molecule has 3 heterocycles. The molecule has 4 nitrogen and oxygen atoms in total. The summed E-state index contributed by atoms with van der Waals surface area (Å²) in [7, 11) is 0. The van der Waals surface area contributed by atoms with E-state index in [0.717, 1.165) is 32.7 Å². The second kappa shape index (κ2) is 7.11. The molecule has 5 heteroatoms. The Kier molecular flexibility index (Phi) is 4.53. The molecule has 0 unspecified atom stereocenters. The number of anilines is 1. The van der Waals surface area contributed by atoms with Crippen molar-refractivity contribution in [3.8, 4) is 10.4 Å².